The average Bonchev–Trinajstić information content (AvgIpc) is 2.98. The van der Waals surface area contributed by atoms with Crippen LogP contribution in [0, 0.1) is 5.92 Å². The predicted molar refractivity (Wildman–Crippen MR) is 86.7 cm³/mol. The van der Waals surface area contributed by atoms with Crippen molar-refractivity contribution in [2.75, 3.05) is 32.7 Å². The topological polar surface area (TPSA) is 82.9 Å². The van der Waals surface area contributed by atoms with Crippen LogP contribution in [0.4, 0.5) is 0 Å². The number of rotatable bonds is 4. The molecule has 7 nitrogen and oxygen atoms in total. The zero-order valence-electron chi connectivity index (χ0n) is 13.2. The molecule has 0 bridgehead atoms. The Labute approximate surface area is 143 Å². The summed E-state index contributed by atoms with van der Waals surface area (Å²) in [6, 6.07) is 3.14. The second kappa shape index (κ2) is 7.63. The Bertz CT molecular complexity index is 591. The molecule has 126 valence electrons. The Hall–Kier alpha value is -1.83. The molecule has 0 atom stereocenters. The summed E-state index contributed by atoms with van der Waals surface area (Å²) in [7, 11) is 0. The van der Waals surface area contributed by atoms with Crippen LogP contribution >= 0.6 is 15.9 Å². The van der Waals surface area contributed by atoms with Gasteiger partial charge in [0.25, 0.3) is 5.91 Å². The van der Waals surface area contributed by atoms with Crippen LogP contribution in [-0.2, 0) is 9.59 Å². The second-order valence-corrected chi connectivity index (χ2v) is 6.43. The molecule has 8 heteroatoms. The first-order chi connectivity index (χ1) is 10.9. The quantitative estimate of drug-likeness (QED) is 0.840. The number of nitrogens with one attached hydrogen (secondary N) is 1. The SMILES string of the molecule is CC(C)C(=O)N1CCN(C(=O)CNC(=O)c2ccc(Br)o2)CC1. The number of hydrogen-bond donors (Lipinski definition) is 1. The molecule has 1 aliphatic rings. The van der Waals surface area contributed by atoms with Crippen LogP contribution in [0.2, 0.25) is 0 Å². The van der Waals surface area contributed by atoms with Crippen molar-refractivity contribution in [3.63, 3.8) is 0 Å². The van der Waals surface area contributed by atoms with Crippen LogP contribution < -0.4 is 5.32 Å². The van der Waals surface area contributed by atoms with Gasteiger partial charge in [-0.2, -0.15) is 0 Å². The van der Waals surface area contributed by atoms with Crippen molar-refractivity contribution in [2.24, 2.45) is 5.92 Å². The molecule has 1 aliphatic heterocycles. The minimum atomic E-state index is -0.433. The van der Waals surface area contributed by atoms with E-state index in [0.29, 0.717) is 30.8 Å². The lowest BCUT2D eigenvalue weighted by Crippen LogP contribution is -2.53. The zero-order valence-corrected chi connectivity index (χ0v) is 14.8. The van der Waals surface area contributed by atoms with E-state index in [0.717, 1.165) is 0 Å². The fourth-order valence-electron chi connectivity index (χ4n) is 2.33. The number of halogens is 1. The van der Waals surface area contributed by atoms with Gasteiger partial charge < -0.3 is 19.5 Å². The molecular formula is C15H20BrN3O4. The summed E-state index contributed by atoms with van der Waals surface area (Å²) in [6.45, 7) is 5.67. The maximum Gasteiger partial charge on any atom is 0.287 e. The number of nitrogens with zero attached hydrogens (tertiary/aromatic N) is 2. The molecule has 1 N–H and O–H groups in total. The molecule has 0 radical (unpaired) electrons. The number of carbonyl (C=O) groups excluding carboxylic acids is 3. The third kappa shape index (κ3) is 4.57. The first kappa shape index (κ1) is 17.5. The van der Waals surface area contributed by atoms with Gasteiger partial charge >= 0.3 is 0 Å². The Morgan fingerprint density at radius 3 is 2.30 bits per heavy atom. The van der Waals surface area contributed by atoms with Crippen LogP contribution in [0.5, 0.6) is 0 Å². The Balaban J connectivity index is 1.77. The minimum Gasteiger partial charge on any atom is -0.444 e. The first-order valence-corrected chi connectivity index (χ1v) is 8.28. The Morgan fingerprint density at radius 2 is 1.78 bits per heavy atom. The number of piperazine rings is 1. The predicted octanol–water partition coefficient (Wildman–Crippen LogP) is 1.10. The van der Waals surface area contributed by atoms with Crippen molar-refractivity contribution < 1.29 is 18.8 Å². The molecule has 1 fully saturated rings. The molecule has 0 unspecified atom stereocenters. The molecule has 23 heavy (non-hydrogen) atoms. The number of amides is 3. The molecule has 1 aromatic heterocycles. The monoisotopic (exact) mass is 385 g/mol. The molecule has 0 saturated carbocycles. The summed E-state index contributed by atoms with van der Waals surface area (Å²) in [4.78, 5) is 39.3. The van der Waals surface area contributed by atoms with Gasteiger partial charge in [0.05, 0.1) is 6.54 Å². The van der Waals surface area contributed by atoms with Gasteiger partial charge in [-0.3, -0.25) is 14.4 Å². The highest BCUT2D eigenvalue weighted by atomic mass is 79.9. The lowest BCUT2D eigenvalue weighted by atomic mass is 10.1. The van der Waals surface area contributed by atoms with Crippen LogP contribution in [0.15, 0.2) is 21.2 Å². The highest BCUT2D eigenvalue weighted by molar-refractivity contribution is 9.10. The molecular weight excluding hydrogens is 366 g/mol. The summed E-state index contributed by atoms with van der Waals surface area (Å²) in [5, 5.41) is 2.54. The van der Waals surface area contributed by atoms with E-state index in [4.69, 9.17) is 4.42 Å². The van der Waals surface area contributed by atoms with Gasteiger partial charge in [0.1, 0.15) is 0 Å². The highest BCUT2D eigenvalue weighted by Crippen LogP contribution is 2.13. The van der Waals surface area contributed by atoms with Crippen molar-refractivity contribution in [3.05, 3.63) is 22.6 Å². The number of carbonyl (C=O) groups is 3. The second-order valence-electron chi connectivity index (χ2n) is 5.65. The van der Waals surface area contributed by atoms with Crippen LogP contribution in [-0.4, -0.2) is 60.2 Å². The van der Waals surface area contributed by atoms with Crippen molar-refractivity contribution >= 4 is 33.7 Å². The van der Waals surface area contributed by atoms with Gasteiger partial charge in [0, 0.05) is 32.1 Å². The van der Waals surface area contributed by atoms with E-state index in [1.165, 1.54) is 6.07 Å². The summed E-state index contributed by atoms with van der Waals surface area (Å²) >= 11 is 3.12. The third-order valence-electron chi connectivity index (χ3n) is 3.64. The van der Waals surface area contributed by atoms with E-state index in [1.54, 1.807) is 15.9 Å². The maximum atomic E-state index is 12.1. The van der Waals surface area contributed by atoms with E-state index in [9.17, 15) is 14.4 Å². The molecule has 1 saturated heterocycles. The molecule has 3 amide bonds. The van der Waals surface area contributed by atoms with E-state index >= 15 is 0 Å². The number of furan rings is 1. The molecule has 0 aliphatic carbocycles. The number of hydrogen-bond acceptors (Lipinski definition) is 4. The van der Waals surface area contributed by atoms with Crippen LogP contribution in [0.3, 0.4) is 0 Å². The van der Waals surface area contributed by atoms with Crippen molar-refractivity contribution in [1.29, 1.82) is 0 Å². The van der Waals surface area contributed by atoms with Gasteiger partial charge in [-0.15, -0.1) is 0 Å². The third-order valence-corrected chi connectivity index (χ3v) is 4.06. The lowest BCUT2D eigenvalue weighted by molar-refractivity contribution is -0.140. The van der Waals surface area contributed by atoms with Gasteiger partial charge in [-0.1, -0.05) is 13.8 Å². The lowest BCUT2D eigenvalue weighted by Gasteiger charge is -2.35. The highest BCUT2D eigenvalue weighted by Gasteiger charge is 2.25. The molecule has 1 aromatic rings. The Morgan fingerprint density at radius 1 is 1.17 bits per heavy atom. The molecule has 2 rings (SSSR count). The maximum absolute atomic E-state index is 12.1. The fraction of sp³-hybridized carbons (Fsp3) is 0.533. The van der Waals surface area contributed by atoms with Gasteiger partial charge in [-0.05, 0) is 28.1 Å². The summed E-state index contributed by atoms with van der Waals surface area (Å²) in [6.07, 6.45) is 0. The summed E-state index contributed by atoms with van der Waals surface area (Å²) < 4.78 is 5.58. The van der Waals surface area contributed by atoms with Gasteiger partial charge in [0.2, 0.25) is 11.8 Å². The fourth-order valence-corrected chi connectivity index (χ4v) is 2.64. The van der Waals surface area contributed by atoms with Crippen molar-refractivity contribution in [1.82, 2.24) is 15.1 Å². The standard InChI is InChI=1S/C15H20BrN3O4/c1-10(2)15(22)19-7-5-18(6-8-19)13(20)9-17-14(21)11-3-4-12(16)23-11/h3-4,10H,5-9H2,1-2H3,(H,17,21). The molecule has 0 aromatic carbocycles. The van der Waals surface area contributed by atoms with E-state index in [-0.39, 0.29) is 30.0 Å². The smallest absolute Gasteiger partial charge is 0.287 e. The van der Waals surface area contributed by atoms with Crippen LogP contribution in [0.25, 0.3) is 0 Å². The molecule has 2 heterocycles. The summed E-state index contributed by atoms with van der Waals surface area (Å²) in [5.74, 6) is -0.381. The minimum absolute atomic E-state index is 0.0378. The van der Waals surface area contributed by atoms with Gasteiger partial charge in [-0.25, -0.2) is 0 Å². The van der Waals surface area contributed by atoms with Crippen molar-refractivity contribution in [3.8, 4) is 0 Å². The van der Waals surface area contributed by atoms with E-state index in [1.807, 2.05) is 13.8 Å². The average molecular weight is 386 g/mol. The molecule has 0 spiro atoms. The Kier molecular flexibility index (Phi) is 5.81. The zero-order chi connectivity index (χ0) is 17.0. The largest absolute Gasteiger partial charge is 0.444 e. The van der Waals surface area contributed by atoms with Crippen LogP contribution in [0.1, 0.15) is 24.4 Å². The summed E-state index contributed by atoms with van der Waals surface area (Å²) in [5.41, 5.74) is 0. The van der Waals surface area contributed by atoms with E-state index in [2.05, 4.69) is 21.2 Å². The van der Waals surface area contributed by atoms with Crippen molar-refractivity contribution in [2.45, 2.75) is 13.8 Å². The van der Waals surface area contributed by atoms with E-state index < -0.39 is 5.91 Å². The normalized spacial score (nSPS) is 15.0. The van der Waals surface area contributed by atoms with Gasteiger partial charge in [0.15, 0.2) is 10.4 Å². The first-order valence-electron chi connectivity index (χ1n) is 7.48.